The number of aromatic nitrogens is 4. The van der Waals surface area contributed by atoms with Gasteiger partial charge in [0.15, 0.2) is 5.13 Å². The molecule has 4 heterocycles. The standard InChI is InChI=1S/C15H16BrN5S2/c16-12-6-19-21(9-12)10-13-7-18-15(23-13)20-4-1-2-11(8-20)14-17-3-5-22-14/h3,5-7,9,11H,1-2,4,8,10H2/t11-/m0/s1. The predicted octanol–water partition coefficient (Wildman–Crippen LogP) is 3.99. The number of anilines is 1. The zero-order chi connectivity index (χ0) is 15.6. The van der Waals surface area contributed by atoms with Crippen LogP contribution in [0.25, 0.3) is 0 Å². The van der Waals surface area contributed by atoms with E-state index in [4.69, 9.17) is 0 Å². The fraction of sp³-hybridized carbons (Fsp3) is 0.400. The van der Waals surface area contributed by atoms with Crippen LogP contribution in [0.1, 0.15) is 28.6 Å². The van der Waals surface area contributed by atoms with Gasteiger partial charge in [-0.15, -0.1) is 11.3 Å². The fourth-order valence-electron chi connectivity index (χ4n) is 2.89. The van der Waals surface area contributed by atoms with Crippen LogP contribution in [0.15, 0.2) is 34.6 Å². The lowest BCUT2D eigenvalue weighted by molar-refractivity contribution is 0.508. The number of halogens is 1. The normalized spacial score (nSPS) is 18.5. The van der Waals surface area contributed by atoms with Crippen molar-refractivity contribution in [3.8, 4) is 0 Å². The zero-order valence-corrected chi connectivity index (χ0v) is 15.6. The molecule has 0 saturated carbocycles. The van der Waals surface area contributed by atoms with Gasteiger partial charge in [-0.3, -0.25) is 4.68 Å². The maximum absolute atomic E-state index is 4.63. The lowest BCUT2D eigenvalue weighted by Gasteiger charge is -2.31. The average molecular weight is 410 g/mol. The molecule has 0 unspecified atom stereocenters. The molecule has 0 spiro atoms. The lowest BCUT2D eigenvalue weighted by atomic mass is 9.99. The maximum Gasteiger partial charge on any atom is 0.185 e. The van der Waals surface area contributed by atoms with Crippen LogP contribution in [0.3, 0.4) is 0 Å². The van der Waals surface area contributed by atoms with Gasteiger partial charge in [0.05, 0.1) is 22.2 Å². The molecule has 0 N–H and O–H groups in total. The van der Waals surface area contributed by atoms with Crippen LogP contribution < -0.4 is 4.90 Å². The molecule has 0 amide bonds. The minimum absolute atomic E-state index is 0.540. The van der Waals surface area contributed by atoms with Crippen molar-refractivity contribution in [2.45, 2.75) is 25.3 Å². The number of rotatable bonds is 4. The van der Waals surface area contributed by atoms with Crippen LogP contribution in [0.5, 0.6) is 0 Å². The second-order valence-electron chi connectivity index (χ2n) is 5.62. The van der Waals surface area contributed by atoms with E-state index in [0.29, 0.717) is 5.92 Å². The molecule has 8 heteroatoms. The number of nitrogens with zero attached hydrogens (tertiary/aromatic N) is 5. The molecule has 3 aromatic heterocycles. The summed E-state index contributed by atoms with van der Waals surface area (Å²) in [4.78, 5) is 12.8. The van der Waals surface area contributed by atoms with E-state index in [1.54, 1.807) is 22.7 Å². The van der Waals surface area contributed by atoms with Crippen LogP contribution in [0, 0.1) is 0 Å². The van der Waals surface area contributed by atoms with Gasteiger partial charge in [-0.25, -0.2) is 9.97 Å². The topological polar surface area (TPSA) is 46.8 Å². The van der Waals surface area contributed by atoms with Gasteiger partial charge in [0.2, 0.25) is 0 Å². The number of hydrogen-bond donors (Lipinski definition) is 0. The summed E-state index contributed by atoms with van der Waals surface area (Å²) in [5, 5.41) is 8.75. The van der Waals surface area contributed by atoms with Crippen molar-refractivity contribution in [2.24, 2.45) is 0 Å². The Morgan fingerprint density at radius 3 is 3.04 bits per heavy atom. The molecular weight excluding hydrogens is 394 g/mol. The Balaban J connectivity index is 1.45. The largest absolute Gasteiger partial charge is 0.347 e. The van der Waals surface area contributed by atoms with E-state index in [1.807, 2.05) is 29.5 Å². The smallest absolute Gasteiger partial charge is 0.185 e. The minimum atomic E-state index is 0.540. The molecule has 5 nitrogen and oxygen atoms in total. The summed E-state index contributed by atoms with van der Waals surface area (Å²) in [7, 11) is 0. The third-order valence-corrected chi connectivity index (χ3v) is 6.34. The van der Waals surface area contributed by atoms with Gasteiger partial charge in [-0.2, -0.15) is 5.10 Å². The van der Waals surface area contributed by atoms with E-state index in [1.165, 1.54) is 22.7 Å². The Labute approximate surface area is 151 Å². The molecule has 0 aromatic carbocycles. The Kier molecular flexibility index (Phi) is 4.46. The van der Waals surface area contributed by atoms with E-state index >= 15 is 0 Å². The first-order valence-electron chi connectivity index (χ1n) is 7.55. The summed E-state index contributed by atoms with van der Waals surface area (Å²) < 4.78 is 2.93. The molecule has 120 valence electrons. The Hall–Kier alpha value is -1.25. The molecule has 4 rings (SSSR count). The molecule has 23 heavy (non-hydrogen) atoms. The van der Waals surface area contributed by atoms with Crippen LogP contribution in [-0.4, -0.2) is 32.8 Å². The molecule has 0 bridgehead atoms. The van der Waals surface area contributed by atoms with Crippen molar-refractivity contribution in [3.05, 3.63) is 44.5 Å². The van der Waals surface area contributed by atoms with E-state index in [9.17, 15) is 0 Å². The van der Waals surface area contributed by atoms with E-state index in [-0.39, 0.29) is 0 Å². The van der Waals surface area contributed by atoms with Gasteiger partial charge < -0.3 is 4.90 Å². The van der Waals surface area contributed by atoms with E-state index in [0.717, 1.165) is 29.2 Å². The number of piperidine rings is 1. The average Bonchev–Trinajstić information content (AvgIpc) is 3.30. The summed E-state index contributed by atoms with van der Waals surface area (Å²) >= 11 is 6.96. The van der Waals surface area contributed by atoms with Crippen LogP contribution in [0.2, 0.25) is 0 Å². The Morgan fingerprint density at radius 2 is 2.26 bits per heavy atom. The number of hydrogen-bond acceptors (Lipinski definition) is 6. The molecule has 1 aliphatic heterocycles. The minimum Gasteiger partial charge on any atom is -0.347 e. The summed E-state index contributed by atoms with van der Waals surface area (Å²) in [5.41, 5.74) is 0. The molecule has 0 aliphatic carbocycles. The highest BCUT2D eigenvalue weighted by molar-refractivity contribution is 9.10. The highest BCUT2D eigenvalue weighted by Gasteiger charge is 2.24. The first-order chi connectivity index (χ1) is 11.3. The van der Waals surface area contributed by atoms with Gasteiger partial charge in [-0.05, 0) is 28.8 Å². The second-order valence-corrected chi connectivity index (χ2v) is 8.56. The molecule has 1 saturated heterocycles. The fourth-order valence-corrected chi connectivity index (χ4v) is 4.92. The van der Waals surface area contributed by atoms with Crippen molar-refractivity contribution in [2.75, 3.05) is 18.0 Å². The monoisotopic (exact) mass is 409 g/mol. The van der Waals surface area contributed by atoms with Crippen LogP contribution >= 0.6 is 38.6 Å². The summed E-state index contributed by atoms with van der Waals surface area (Å²) in [6.07, 6.45) is 10.1. The van der Waals surface area contributed by atoms with Crippen LogP contribution in [0.4, 0.5) is 5.13 Å². The van der Waals surface area contributed by atoms with Gasteiger partial charge in [0.1, 0.15) is 0 Å². The summed E-state index contributed by atoms with van der Waals surface area (Å²) in [5.74, 6) is 0.540. The molecule has 1 atom stereocenters. The maximum atomic E-state index is 4.63. The van der Waals surface area contributed by atoms with Gasteiger partial charge in [0, 0.05) is 47.9 Å². The molecule has 1 aliphatic rings. The van der Waals surface area contributed by atoms with Crippen molar-refractivity contribution in [1.82, 2.24) is 19.7 Å². The van der Waals surface area contributed by atoms with Crippen molar-refractivity contribution in [1.29, 1.82) is 0 Å². The highest BCUT2D eigenvalue weighted by Crippen LogP contribution is 2.32. The van der Waals surface area contributed by atoms with Gasteiger partial charge in [-0.1, -0.05) is 11.3 Å². The Morgan fingerprint density at radius 1 is 1.30 bits per heavy atom. The SMILES string of the molecule is Brc1cnn(Cc2cnc(N3CCC[C@H](c4nccs4)C3)s2)c1. The summed E-state index contributed by atoms with van der Waals surface area (Å²) in [6, 6.07) is 0. The molecule has 3 aromatic rings. The third-order valence-electron chi connectivity index (χ3n) is 3.95. The van der Waals surface area contributed by atoms with Crippen LogP contribution in [-0.2, 0) is 6.54 Å². The lowest BCUT2D eigenvalue weighted by Crippen LogP contribution is -2.34. The predicted molar refractivity (Wildman–Crippen MR) is 97.4 cm³/mol. The Bertz CT molecular complexity index is 767. The zero-order valence-electron chi connectivity index (χ0n) is 12.4. The van der Waals surface area contributed by atoms with E-state index in [2.05, 4.69) is 41.3 Å². The first kappa shape index (κ1) is 15.3. The van der Waals surface area contributed by atoms with Crippen molar-refractivity contribution in [3.63, 3.8) is 0 Å². The van der Waals surface area contributed by atoms with Crippen molar-refractivity contribution < 1.29 is 0 Å². The number of thiazole rings is 2. The highest BCUT2D eigenvalue weighted by atomic mass is 79.9. The first-order valence-corrected chi connectivity index (χ1v) is 10.0. The van der Waals surface area contributed by atoms with E-state index < -0.39 is 0 Å². The van der Waals surface area contributed by atoms with Crippen molar-refractivity contribution >= 4 is 43.7 Å². The third kappa shape index (κ3) is 3.49. The van der Waals surface area contributed by atoms with Gasteiger partial charge in [0.25, 0.3) is 0 Å². The van der Waals surface area contributed by atoms with Gasteiger partial charge >= 0.3 is 0 Å². The molecular formula is C15H16BrN5S2. The quantitative estimate of drug-likeness (QED) is 0.653. The molecule has 1 fully saturated rings. The molecule has 0 radical (unpaired) electrons. The second kappa shape index (κ2) is 6.70. The summed E-state index contributed by atoms with van der Waals surface area (Å²) in [6.45, 7) is 2.88.